The van der Waals surface area contributed by atoms with Gasteiger partial charge in [-0.1, -0.05) is 30.3 Å². The van der Waals surface area contributed by atoms with Crippen molar-refractivity contribution in [1.82, 2.24) is 14.0 Å². The smallest absolute Gasteiger partial charge is 0.338 e. The number of ether oxygens (including phenoxy) is 2. The first-order chi connectivity index (χ1) is 15.0. The maximum atomic E-state index is 13.3. The lowest BCUT2D eigenvalue weighted by molar-refractivity contribution is -0.139. The van der Waals surface area contributed by atoms with E-state index in [4.69, 9.17) is 9.47 Å². The largest absolute Gasteiger partial charge is 0.463 e. The lowest BCUT2D eigenvalue weighted by Crippen LogP contribution is -2.49. The molecule has 0 bridgehead atoms. The summed E-state index contributed by atoms with van der Waals surface area (Å²) in [6, 6.07) is 8.71. The zero-order valence-electron chi connectivity index (χ0n) is 17.9. The van der Waals surface area contributed by atoms with Crippen molar-refractivity contribution in [3.8, 4) is 0 Å². The monoisotopic (exact) mass is 426 g/mol. The van der Waals surface area contributed by atoms with Gasteiger partial charge in [0.25, 0.3) is 5.56 Å². The molecule has 9 nitrogen and oxygen atoms in total. The molecule has 0 amide bonds. The number of aromatic nitrogens is 2. The quantitative estimate of drug-likeness (QED) is 0.725. The third kappa shape index (κ3) is 3.60. The van der Waals surface area contributed by atoms with E-state index in [0.717, 1.165) is 10.1 Å². The van der Waals surface area contributed by atoms with Crippen LogP contribution in [0.15, 0.2) is 45.5 Å². The number of esters is 1. The number of anilines is 1. The number of carbonyl (C=O) groups is 1. The van der Waals surface area contributed by atoms with Gasteiger partial charge >= 0.3 is 11.7 Å². The van der Waals surface area contributed by atoms with Crippen LogP contribution in [0, 0.1) is 0 Å². The second kappa shape index (κ2) is 8.52. The topological polar surface area (TPSA) is 94.8 Å². The van der Waals surface area contributed by atoms with E-state index in [1.54, 1.807) is 14.0 Å². The van der Waals surface area contributed by atoms with Crippen LogP contribution in [0.4, 0.5) is 5.82 Å². The summed E-state index contributed by atoms with van der Waals surface area (Å²) < 4.78 is 13.4. The number of fused-ring (bicyclic) bond motifs is 1. The summed E-state index contributed by atoms with van der Waals surface area (Å²) in [4.78, 5) is 41.2. The van der Waals surface area contributed by atoms with E-state index in [1.807, 2.05) is 35.2 Å². The van der Waals surface area contributed by atoms with E-state index in [-0.39, 0.29) is 6.61 Å². The average molecular weight is 426 g/mol. The summed E-state index contributed by atoms with van der Waals surface area (Å²) in [5.41, 5.74) is 1.14. The van der Waals surface area contributed by atoms with Crippen LogP contribution in [0.5, 0.6) is 0 Å². The van der Waals surface area contributed by atoms with Crippen LogP contribution in [0.1, 0.15) is 24.1 Å². The molecule has 3 heterocycles. The fraction of sp³-hybridized carbons (Fsp3) is 0.409. The summed E-state index contributed by atoms with van der Waals surface area (Å²) in [5, 5.41) is 3.22. The minimum atomic E-state index is -0.667. The van der Waals surface area contributed by atoms with Crippen LogP contribution in [0.3, 0.4) is 0 Å². The number of hydrogen-bond acceptors (Lipinski definition) is 7. The molecule has 0 radical (unpaired) electrons. The predicted octanol–water partition coefficient (Wildman–Crippen LogP) is 0.857. The third-order valence-electron chi connectivity index (χ3n) is 5.73. The molecule has 1 N–H and O–H groups in total. The minimum absolute atomic E-state index is 0.207. The zero-order valence-corrected chi connectivity index (χ0v) is 17.9. The Morgan fingerprint density at radius 1 is 1.13 bits per heavy atom. The molecule has 1 atom stereocenters. The van der Waals surface area contributed by atoms with Crippen LogP contribution >= 0.6 is 0 Å². The number of hydrogen-bond donors (Lipinski definition) is 1. The molecule has 31 heavy (non-hydrogen) atoms. The minimum Gasteiger partial charge on any atom is -0.463 e. The van der Waals surface area contributed by atoms with Crippen molar-refractivity contribution >= 4 is 17.5 Å². The van der Waals surface area contributed by atoms with Crippen molar-refractivity contribution in [2.75, 3.05) is 38.2 Å². The molecule has 9 heteroatoms. The predicted molar refractivity (Wildman–Crippen MR) is 116 cm³/mol. The molecule has 164 valence electrons. The van der Waals surface area contributed by atoms with Crippen molar-refractivity contribution in [1.29, 1.82) is 0 Å². The van der Waals surface area contributed by atoms with Gasteiger partial charge in [0.05, 0.1) is 42.7 Å². The Kier molecular flexibility index (Phi) is 5.79. The Labute approximate surface area is 179 Å². The van der Waals surface area contributed by atoms with E-state index < -0.39 is 23.3 Å². The van der Waals surface area contributed by atoms with Gasteiger partial charge in [0.1, 0.15) is 5.82 Å². The van der Waals surface area contributed by atoms with Gasteiger partial charge in [-0.15, -0.1) is 0 Å². The highest BCUT2D eigenvalue weighted by Crippen LogP contribution is 2.41. The molecule has 0 saturated carbocycles. The van der Waals surface area contributed by atoms with Crippen molar-refractivity contribution < 1.29 is 14.3 Å². The average Bonchev–Trinajstić information content (AvgIpc) is 2.81. The highest BCUT2D eigenvalue weighted by molar-refractivity contribution is 6.03. The first kappa shape index (κ1) is 21.1. The van der Waals surface area contributed by atoms with Crippen molar-refractivity contribution in [2.24, 2.45) is 14.1 Å². The maximum absolute atomic E-state index is 13.3. The summed E-state index contributed by atoms with van der Waals surface area (Å²) in [6.07, 6.45) is 0. The molecule has 1 unspecified atom stereocenters. The number of rotatable bonds is 4. The molecule has 1 aromatic carbocycles. The second-order valence-corrected chi connectivity index (χ2v) is 7.52. The fourth-order valence-electron chi connectivity index (χ4n) is 4.19. The van der Waals surface area contributed by atoms with Gasteiger partial charge in [0.15, 0.2) is 0 Å². The molecule has 2 aromatic rings. The number of nitrogens with zero attached hydrogens (tertiary/aromatic N) is 3. The van der Waals surface area contributed by atoms with Crippen molar-refractivity contribution in [3.05, 3.63) is 67.9 Å². The number of nitrogens with one attached hydrogen (secondary N) is 1. The highest BCUT2D eigenvalue weighted by atomic mass is 16.5. The summed E-state index contributed by atoms with van der Waals surface area (Å²) in [7, 11) is 3.06. The Morgan fingerprint density at radius 3 is 2.45 bits per heavy atom. The van der Waals surface area contributed by atoms with E-state index in [2.05, 4.69) is 5.32 Å². The van der Waals surface area contributed by atoms with Crippen molar-refractivity contribution in [3.63, 3.8) is 0 Å². The molecular weight excluding hydrogens is 400 g/mol. The number of carbonyl (C=O) groups excluding carboxylic acids is 1. The molecule has 1 fully saturated rings. The Hall–Kier alpha value is -3.17. The van der Waals surface area contributed by atoms with E-state index in [9.17, 15) is 14.4 Å². The maximum Gasteiger partial charge on any atom is 0.338 e. The molecule has 2 aliphatic heterocycles. The zero-order chi connectivity index (χ0) is 22.1. The van der Waals surface area contributed by atoms with Crippen LogP contribution in [0.2, 0.25) is 0 Å². The third-order valence-corrected chi connectivity index (χ3v) is 5.73. The molecule has 1 saturated heterocycles. The van der Waals surface area contributed by atoms with Gasteiger partial charge in [0.2, 0.25) is 0 Å². The summed E-state index contributed by atoms with van der Waals surface area (Å²) in [5.74, 6) is -0.108. The Balaban J connectivity index is 2.04. The normalized spacial score (nSPS) is 19.0. The molecule has 4 rings (SSSR count). The fourth-order valence-corrected chi connectivity index (χ4v) is 4.19. The Bertz CT molecular complexity index is 1140. The molecule has 1 aromatic heterocycles. The van der Waals surface area contributed by atoms with Gasteiger partial charge in [-0.2, -0.15) is 0 Å². The van der Waals surface area contributed by atoms with Crippen LogP contribution in [0.25, 0.3) is 5.70 Å². The molecule has 2 aliphatic rings. The summed E-state index contributed by atoms with van der Waals surface area (Å²) in [6.45, 7) is 4.02. The van der Waals surface area contributed by atoms with Crippen LogP contribution in [-0.4, -0.2) is 52.9 Å². The Morgan fingerprint density at radius 2 is 1.81 bits per heavy atom. The van der Waals surface area contributed by atoms with Crippen molar-refractivity contribution in [2.45, 2.75) is 13.0 Å². The standard InChI is InChI=1S/C22H26N4O5/c1-4-31-21(28)15-17(14-8-6-5-7-9-14)23-19-16(18(15)26-10-12-30-13-11-26)20(27)25(3)22(29)24(19)2/h5-9,18,23H,4,10-13H2,1-3H3. The summed E-state index contributed by atoms with van der Waals surface area (Å²) >= 11 is 0. The molecular formula is C22H26N4O5. The molecule has 0 aliphatic carbocycles. The van der Waals surface area contributed by atoms with E-state index in [0.29, 0.717) is 49.0 Å². The number of morpholine rings is 1. The van der Waals surface area contributed by atoms with Gasteiger partial charge < -0.3 is 14.8 Å². The van der Waals surface area contributed by atoms with Gasteiger partial charge in [-0.25, -0.2) is 9.59 Å². The second-order valence-electron chi connectivity index (χ2n) is 7.52. The van der Waals surface area contributed by atoms with E-state index in [1.165, 1.54) is 11.6 Å². The van der Waals surface area contributed by atoms with Gasteiger partial charge in [-0.05, 0) is 12.5 Å². The van der Waals surface area contributed by atoms with E-state index >= 15 is 0 Å². The first-order valence-corrected chi connectivity index (χ1v) is 10.3. The lowest BCUT2D eigenvalue weighted by Gasteiger charge is -2.39. The van der Waals surface area contributed by atoms with Gasteiger partial charge in [-0.3, -0.25) is 18.8 Å². The lowest BCUT2D eigenvalue weighted by atomic mass is 9.90. The highest BCUT2D eigenvalue weighted by Gasteiger charge is 2.41. The first-order valence-electron chi connectivity index (χ1n) is 10.3. The van der Waals surface area contributed by atoms with Crippen LogP contribution < -0.4 is 16.6 Å². The number of benzene rings is 1. The SMILES string of the molecule is CCOC(=O)C1=C(c2ccccc2)Nc2c(c(=O)n(C)c(=O)n2C)C1N1CCOCC1. The molecule has 0 spiro atoms. The van der Waals surface area contributed by atoms with Crippen LogP contribution in [-0.2, 0) is 28.4 Å². The van der Waals surface area contributed by atoms with Gasteiger partial charge in [0, 0.05) is 27.2 Å².